The largest absolute Gasteiger partial charge is 0.486 e. The minimum absolute atomic E-state index is 0.184. The molecule has 1 aromatic rings. The fourth-order valence-corrected chi connectivity index (χ4v) is 3.26. The Hall–Kier alpha value is -1.27. The summed E-state index contributed by atoms with van der Waals surface area (Å²) in [5, 5.41) is 3.20. The van der Waals surface area contributed by atoms with E-state index in [1.165, 1.54) is 0 Å². The Morgan fingerprint density at radius 2 is 2.00 bits per heavy atom. The number of hydrogen-bond acceptors (Lipinski definition) is 4. The number of fused-ring (bicyclic) bond motifs is 1. The van der Waals surface area contributed by atoms with E-state index >= 15 is 0 Å². The molecule has 3 rings (SSSR count). The van der Waals surface area contributed by atoms with Crippen LogP contribution in [0, 0.1) is 0 Å². The van der Waals surface area contributed by atoms with Crippen LogP contribution < -0.4 is 14.8 Å². The van der Waals surface area contributed by atoms with Crippen molar-refractivity contribution in [3.63, 3.8) is 0 Å². The van der Waals surface area contributed by atoms with E-state index in [9.17, 15) is 4.79 Å². The van der Waals surface area contributed by atoms with Crippen LogP contribution >= 0.6 is 15.9 Å². The molecule has 0 bridgehead atoms. The zero-order valence-electron chi connectivity index (χ0n) is 11.9. The Kier molecular flexibility index (Phi) is 4.65. The molecule has 1 N–H and O–H groups in total. The smallest absolute Gasteiger partial charge is 0.236 e. The summed E-state index contributed by atoms with van der Waals surface area (Å²) < 4.78 is 12.1. The molecule has 1 fully saturated rings. The maximum absolute atomic E-state index is 11.9. The SMILES string of the molecule is O=C(CNCc1cc(Br)c2c(c1)OCCO2)N1CCCC1. The van der Waals surface area contributed by atoms with Crippen molar-refractivity contribution in [2.75, 3.05) is 32.8 Å². The zero-order valence-corrected chi connectivity index (χ0v) is 13.4. The quantitative estimate of drug-likeness (QED) is 0.897. The van der Waals surface area contributed by atoms with Crippen molar-refractivity contribution in [1.82, 2.24) is 10.2 Å². The number of benzene rings is 1. The summed E-state index contributed by atoms with van der Waals surface area (Å²) in [4.78, 5) is 13.9. The molecule has 0 radical (unpaired) electrons. The zero-order chi connectivity index (χ0) is 14.7. The summed E-state index contributed by atoms with van der Waals surface area (Å²) in [5.41, 5.74) is 1.07. The van der Waals surface area contributed by atoms with Crippen LogP contribution in [0.3, 0.4) is 0 Å². The highest BCUT2D eigenvalue weighted by atomic mass is 79.9. The Morgan fingerprint density at radius 1 is 1.24 bits per heavy atom. The first-order valence-electron chi connectivity index (χ1n) is 7.30. The van der Waals surface area contributed by atoms with Gasteiger partial charge < -0.3 is 19.7 Å². The highest BCUT2D eigenvalue weighted by Crippen LogP contribution is 2.38. The summed E-state index contributed by atoms with van der Waals surface area (Å²) in [6.07, 6.45) is 2.25. The highest BCUT2D eigenvalue weighted by Gasteiger charge is 2.18. The standard InChI is InChI=1S/C15H19BrN2O3/c16-12-7-11(8-13-15(12)21-6-5-20-13)9-17-10-14(19)18-3-1-2-4-18/h7-8,17H,1-6,9-10H2. The van der Waals surface area contributed by atoms with Crippen LogP contribution in [0.2, 0.25) is 0 Å². The van der Waals surface area contributed by atoms with Crippen molar-refractivity contribution in [3.8, 4) is 11.5 Å². The van der Waals surface area contributed by atoms with Crippen LogP contribution in [-0.2, 0) is 11.3 Å². The van der Waals surface area contributed by atoms with Gasteiger partial charge in [-0.25, -0.2) is 0 Å². The van der Waals surface area contributed by atoms with E-state index in [1.54, 1.807) is 0 Å². The number of ether oxygens (including phenoxy) is 2. The lowest BCUT2D eigenvalue weighted by Crippen LogP contribution is -2.36. The maximum Gasteiger partial charge on any atom is 0.236 e. The summed E-state index contributed by atoms with van der Waals surface area (Å²) in [7, 11) is 0. The first-order chi connectivity index (χ1) is 10.2. The molecular weight excluding hydrogens is 336 g/mol. The number of nitrogens with one attached hydrogen (secondary N) is 1. The van der Waals surface area contributed by atoms with Gasteiger partial charge in [0, 0.05) is 19.6 Å². The second-order valence-corrected chi connectivity index (χ2v) is 6.15. The second-order valence-electron chi connectivity index (χ2n) is 5.29. The summed E-state index contributed by atoms with van der Waals surface area (Å²) in [6.45, 7) is 3.96. The minimum atomic E-state index is 0.184. The van der Waals surface area contributed by atoms with Gasteiger partial charge in [0.05, 0.1) is 11.0 Å². The normalized spacial score (nSPS) is 17.1. The Labute approximate surface area is 132 Å². The number of hydrogen-bond donors (Lipinski definition) is 1. The Balaban J connectivity index is 1.55. The Bertz CT molecular complexity index is 530. The molecule has 0 unspecified atom stereocenters. The van der Waals surface area contributed by atoms with Crippen LogP contribution in [0.15, 0.2) is 16.6 Å². The first-order valence-corrected chi connectivity index (χ1v) is 8.10. The molecule has 114 valence electrons. The van der Waals surface area contributed by atoms with Crippen LogP contribution in [0.1, 0.15) is 18.4 Å². The average molecular weight is 355 g/mol. The molecule has 5 nitrogen and oxygen atoms in total. The van der Waals surface area contributed by atoms with Gasteiger partial charge in [0.25, 0.3) is 0 Å². The van der Waals surface area contributed by atoms with Crippen LogP contribution in [0.4, 0.5) is 0 Å². The van der Waals surface area contributed by atoms with Gasteiger partial charge in [-0.3, -0.25) is 4.79 Å². The average Bonchev–Trinajstić information content (AvgIpc) is 3.01. The Morgan fingerprint density at radius 3 is 2.81 bits per heavy atom. The van der Waals surface area contributed by atoms with Crippen molar-refractivity contribution in [3.05, 3.63) is 22.2 Å². The summed E-state index contributed by atoms with van der Waals surface area (Å²) in [6, 6.07) is 3.97. The summed E-state index contributed by atoms with van der Waals surface area (Å²) >= 11 is 3.50. The maximum atomic E-state index is 11.9. The number of likely N-dealkylation sites (tertiary alicyclic amines) is 1. The van der Waals surface area contributed by atoms with E-state index in [0.29, 0.717) is 26.3 Å². The third-order valence-electron chi connectivity index (χ3n) is 3.72. The molecule has 0 aromatic heterocycles. The minimum Gasteiger partial charge on any atom is -0.486 e. The number of nitrogens with zero attached hydrogens (tertiary/aromatic N) is 1. The number of carbonyl (C=O) groups is 1. The summed E-state index contributed by atoms with van der Waals surface area (Å²) in [5.74, 6) is 1.71. The highest BCUT2D eigenvalue weighted by molar-refractivity contribution is 9.10. The molecular formula is C15H19BrN2O3. The lowest BCUT2D eigenvalue weighted by molar-refractivity contribution is -0.129. The van der Waals surface area contributed by atoms with E-state index in [2.05, 4.69) is 21.2 Å². The predicted molar refractivity (Wildman–Crippen MR) is 82.7 cm³/mol. The monoisotopic (exact) mass is 354 g/mol. The molecule has 1 aromatic carbocycles. The van der Waals surface area contributed by atoms with Gasteiger partial charge in [0.1, 0.15) is 13.2 Å². The van der Waals surface area contributed by atoms with Crippen LogP contribution in [-0.4, -0.2) is 43.7 Å². The van der Waals surface area contributed by atoms with Crippen molar-refractivity contribution in [1.29, 1.82) is 0 Å². The van der Waals surface area contributed by atoms with Crippen molar-refractivity contribution in [2.24, 2.45) is 0 Å². The van der Waals surface area contributed by atoms with Crippen LogP contribution in [0.25, 0.3) is 0 Å². The van der Waals surface area contributed by atoms with E-state index in [-0.39, 0.29) is 5.91 Å². The van der Waals surface area contributed by atoms with Gasteiger partial charge in [0.15, 0.2) is 11.5 Å². The van der Waals surface area contributed by atoms with E-state index < -0.39 is 0 Å². The molecule has 0 spiro atoms. The molecule has 21 heavy (non-hydrogen) atoms. The van der Waals surface area contributed by atoms with Gasteiger partial charge >= 0.3 is 0 Å². The number of amides is 1. The molecule has 0 atom stereocenters. The predicted octanol–water partition coefficient (Wildman–Crippen LogP) is 1.93. The molecule has 2 aliphatic heterocycles. The second kappa shape index (κ2) is 6.66. The number of rotatable bonds is 4. The fourth-order valence-electron chi connectivity index (χ4n) is 2.66. The fraction of sp³-hybridized carbons (Fsp3) is 0.533. The molecule has 2 aliphatic rings. The van der Waals surface area contributed by atoms with Crippen LogP contribution in [0.5, 0.6) is 11.5 Å². The third-order valence-corrected chi connectivity index (χ3v) is 4.31. The van der Waals surface area contributed by atoms with Gasteiger partial charge in [-0.15, -0.1) is 0 Å². The molecule has 1 amide bonds. The molecule has 6 heteroatoms. The van der Waals surface area contributed by atoms with E-state index in [0.717, 1.165) is 47.5 Å². The molecule has 2 heterocycles. The number of carbonyl (C=O) groups excluding carboxylic acids is 1. The first kappa shape index (κ1) is 14.7. The van der Waals surface area contributed by atoms with Crippen molar-refractivity contribution in [2.45, 2.75) is 19.4 Å². The van der Waals surface area contributed by atoms with E-state index in [4.69, 9.17) is 9.47 Å². The topological polar surface area (TPSA) is 50.8 Å². The molecule has 0 aliphatic carbocycles. The van der Waals surface area contributed by atoms with Gasteiger partial charge in [-0.2, -0.15) is 0 Å². The van der Waals surface area contributed by atoms with Gasteiger partial charge in [0.2, 0.25) is 5.91 Å². The van der Waals surface area contributed by atoms with E-state index in [1.807, 2.05) is 17.0 Å². The molecule has 1 saturated heterocycles. The van der Waals surface area contributed by atoms with Crippen molar-refractivity contribution >= 4 is 21.8 Å². The molecule has 0 saturated carbocycles. The third kappa shape index (κ3) is 3.49. The lowest BCUT2D eigenvalue weighted by Gasteiger charge is -2.20. The van der Waals surface area contributed by atoms with Crippen molar-refractivity contribution < 1.29 is 14.3 Å². The lowest BCUT2D eigenvalue weighted by atomic mass is 10.2. The van der Waals surface area contributed by atoms with Gasteiger partial charge in [-0.1, -0.05) is 0 Å². The van der Waals surface area contributed by atoms with Gasteiger partial charge in [-0.05, 0) is 46.5 Å². The number of halogens is 1.